The van der Waals surface area contributed by atoms with Gasteiger partial charge in [-0.15, -0.1) is 10.2 Å². The Morgan fingerprint density at radius 2 is 1.74 bits per heavy atom. The zero-order valence-corrected chi connectivity index (χ0v) is 19.0. The maximum atomic E-state index is 13.3. The largest absolute Gasteiger partial charge is 0.346 e. The second-order valence-electron chi connectivity index (χ2n) is 7.59. The zero-order valence-electron chi connectivity index (χ0n) is 18.2. The minimum Gasteiger partial charge on any atom is -0.346 e. The van der Waals surface area contributed by atoms with Crippen molar-refractivity contribution in [3.63, 3.8) is 0 Å². The molecule has 0 aliphatic heterocycles. The van der Waals surface area contributed by atoms with Crippen LogP contribution in [0.4, 0.5) is 0 Å². The number of hydrogen-bond donors (Lipinski definition) is 0. The predicted octanol–water partition coefficient (Wildman–Crippen LogP) is 5.17. The molecule has 2 aromatic carbocycles. The molecule has 0 unspecified atom stereocenters. The number of benzene rings is 2. The lowest BCUT2D eigenvalue weighted by Crippen LogP contribution is -2.05. The number of carbonyl (C=O) groups excluding carboxylic acids is 1. The number of hydrogen-bond acceptors (Lipinski definition) is 6. The topological polar surface area (TPSA) is 89.4 Å². The van der Waals surface area contributed by atoms with Gasteiger partial charge < -0.3 is 4.57 Å². The van der Waals surface area contributed by atoms with Crippen LogP contribution >= 0.6 is 11.8 Å². The van der Waals surface area contributed by atoms with E-state index in [1.54, 1.807) is 12.4 Å². The lowest BCUT2D eigenvalue weighted by molar-refractivity contribution is 0.102. The van der Waals surface area contributed by atoms with Crippen LogP contribution in [-0.4, -0.2) is 35.9 Å². The Labute approximate surface area is 200 Å². The third kappa shape index (κ3) is 4.21. The van der Waals surface area contributed by atoms with Crippen molar-refractivity contribution in [3.05, 3.63) is 90.9 Å². The van der Waals surface area contributed by atoms with Crippen molar-refractivity contribution >= 4 is 28.4 Å². The van der Waals surface area contributed by atoms with Crippen LogP contribution in [0.5, 0.6) is 0 Å². The molecule has 0 radical (unpaired) electrons. The molecule has 166 valence electrons. The molecule has 0 aliphatic rings. The van der Waals surface area contributed by atoms with Crippen LogP contribution < -0.4 is 0 Å². The first-order valence-electron chi connectivity index (χ1n) is 10.8. The van der Waals surface area contributed by atoms with Crippen molar-refractivity contribution in [1.29, 1.82) is 5.26 Å². The monoisotopic (exact) mass is 464 g/mol. The number of aryl methyl sites for hydroxylation is 1. The van der Waals surface area contributed by atoms with Crippen LogP contribution in [0.1, 0.15) is 16.8 Å². The van der Waals surface area contributed by atoms with E-state index in [1.807, 2.05) is 82.1 Å². The minimum absolute atomic E-state index is 0.00461. The van der Waals surface area contributed by atoms with E-state index in [0.29, 0.717) is 29.5 Å². The van der Waals surface area contributed by atoms with E-state index in [9.17, 15) is 4.79 Å². The molecule has 0 fully saturated rings. The molecule has 8 heteroatoms. The van der Waals surface area contributed by atoms with Crippen LogP contribution in [0.3, 0.4) is 0 Å². The fourth-order valence-corrected chi connectivity index (χ4v) is 4.73. The Morgan fingerprint density at radius 1 is 0.971 bits per heavy atom. The normalized spacial score (nSPS) is 10.9. The highest BCUT2D eigenvalue weighted by molar-refractivity contribution is 7.99. The summed E-state index contributed by atoms with van der Waals surface area (Å²) in [5, 5.41) is 19.3. The third-order valence-corrected chi connectivity index (χ3v) is 6.40. The second kappa shape index (κ2) is 9.73. The Bertz CT molecular complexity index is 1480. The van der Waals surface area contributed by atoms with Crippen molar-refractivity contribution in [2.24, 2.45) is 0 Å². The first-order chi connectivity index (χ1) is 16.8. The molecule has 7 nitrogen and oxygen atoms in total. The summed E-state index contributed by atoms with van der Waals surface area (Å²) in [7, 11) is 0. The van der Waals surface area contributed by atoms with Gasteiger partial charge in [0, 0.05) is 52.9 Å². The molecule has 0 aliphatic carbocycles. The molecule has 5 rings (SSSR count). The average Bonchev–Trinajstić information content (AvgIpc) is 3.49. The van der Waals surface area contributed by atoms with Crippen LogP contribution in [-0.2, 0) is 6.54 Å². The predicted molar refractivity (Wildman–Crippen MR) is 132 cm³/mol. The van der Waals surface area contributed by atoms with Gasteiger partial charge in [-0.05, 0) is 30.3 Å². The summed E-state index contributed by atoms with van der Waals surface area (Å²) in [4.78, 5) is 17.4. The van der Waals surface area contributed by atoms with Crippen LogP contribution in [0, 0.1) is 11.3 Å². The summed E-state index contributed by atoms with van der Waals surface area (Å²) in [6.07, 6.45) is 5.68. The number of aromatic nitrogens is 5. The fourth-order valence-electron chi connectivity index (χ4n) is 3.89. The molecule has 0 saturated carbocycles. The molecule has 34 heavy (non-hydrogen) atoms. The van der Waals surface area contributed by atoms with E-state index in [4.69, 9.17) is 5.26 Å². The van der Waals surface area contributed by atoms with Crippen LogP contribution in [0.25, 0.3) is 28.0 Å². The Balaban J connectivity index is 1.46. The number of para-hydroxylation sites is 2. The third-order valence-electron chi connectivity index (χ3n) is 5.47. The van der Waals surface area contributed by atoms with Crippen molar-refractivity contribution in [1.82, 2.24) is 24.3 Å². The molecule has 3 heterocycles. The average molecular weight is 465 g/mol. The Morgan fingerprint density at radius 3 is 2.53 bits per heavy atom. The highest BCUT2D eigenvalue weighted by atomic mass is 32.2. The van der Waals surface area contributed by atoms with Crippen LogP contribution in [0.2, 0.25) is 0 Å². The number of fused-ring (bicyclic) bond motifs is 1. The molecule has 0 bridgehead atoms. The summed E-state index contributed by atoms with van der Waals surface area (Å²) in [5.74, 6) is 0.912. The lowest BCUT2D eigenvalue weighted by Gasteiger charge is -2.10. The van der Waals surface area contributed by atoms with E-state index < -0.39 is 0 Å². The van der Waals surface area contributed by atoms with Gasteiger partial charge in [0.2, 0.25) is 0 Å². The van der Waals surface area contributed by atoms with Crippen molar-refractivity contribution < 1.29 is 4.79 Å². The van der Waals surface area contributed by atoms with Crippen molar-refractivity contribution in [3.8, 4) is 23.1 Å². The molecular formula is C26H20N6OS. The van der Waals surface area contributed by atoms with Gasteiger partial charge in [0.05, 0.1) is 18.2 Å². The van der Waals surface area contributed by atoms with Gasteiger partial charge in [-0.25, -0.2) is 0 Å². The van der Waals surface area contributed by atoms with Gasteiger partial charge in [0.1, 0.15) is 0 Å². The molecule has 5 aromatic rings. The number of nitrogens with zero attached hydrogens (tertiary/aromatic N) is 6. The smallest absolute Gasteiger partial charge is 0.196 e. The minimum atomic E-state index is 0.00461. The van der Waals surface area contributed by atoms with Gasteiger partial charge in [-0.3, -0.25) is 14.3 Å². The Kier molecular flexibility index (Phi) is 6.19. The molecule has 0 amide bonds. The van der Waals surface area contributed by atoms with Crippen molar-refractivity contribution in [2.75, 3.05) is 5.75 Å². The summed E-state index contributed by atoms with van der Waals surface area (Å²) >= 11 is 1.36. The summed E-state index contributed by atoms with van der Waals surface area (Å²) < 4.78 is 3.94. The van der Waals surface area contributed by atoms with Gasteiger partial charge >= 0.3 is 0 Å². The molecular weight excluding hydrogens is 444 g/mol. The van der Waals surface area contributed by atoms with Gasteiger partial charge in [0.15, 0.2) is 16.8 Å². The summed E-state index contributed by atoms with van der Waals surface area (Å²) in [6.45, 7) is 0.551. The molecule has 0 spiro atoms. The van der Waals surface area contributed by atoms with Crippen molar-refractivity contribution in [2.45, 2.75) is 18.1 Å². The number of nitriles is 1. The van der Waals surface area contributed by atoms with E-state index in [1.165, 1.54) is 11.8 Å². The first-order valence-corrected chi connectivity index (χ1v) is 11.8. The maximum Gasteiger partial charge on any atom is 0.196 e. The number of thioether (sulfide) groups is 1. The molecule has 0 saturated heterocycles. The number of rotatable bonds is 8. The van der Waals surface area contributed by atoms with E-state index >= 15 is 0 Å². The number of Topliss-reactive ketones (excluding diaryl/α,β-unsaturated/α-hetero) is 1. The quantitative estimate of drug-likeness (QED) is 0.232. The van der Waals surface area contributed by atoms with E-state index in [0.717, 1.165) is 22.2 Å². The summed E-state index contributed by atoms with van der Waals surface area (Å²) in [6, 6.07) is 23.6. The van der Waals surface area contributed by atoms with E-state index in [-0.39, 0.29) is 11.5 Å². The second-order valence-corrected chi connectivity index (χ2v) is 8.53. The van der Waals surface area contributed by atoms with Crippen LogP contribution in [0.15, 0.2) is 90.5 Å². The lowest BCUT2D eigenvalue weighted by atomic mass is 10.1. The van der Waals surface area contributed by atoms with Gasteiger partial charge in [-0.2, -0.15) is 5.26 Å². The van der Waals surface area contributed by atoms with Gasteiger partial charge in [0.25, 0.3) is 0 Å². The Hall–Kier alpha value is -4.22. The maximum absolute atomic E-state index is 13.3. The number of ketones is 1. The first kappa shape index (κ1) is 21.6. The van der Waals surface area contributed by atoms with Gasteiger partial charge in [-0.1, -0.05) is 48.2 Å². The fraction of sp³-hybridized carbons (Fsp3) is 0.115. The summed E-state index contributed by atoms with van der Waals surface area (Å²) in [5.41, 5.74) is 3.42. The number of carbonyl (C=O) groups is 1. The highest BCUT2D eigenvalue weighted by Crippen LogP contribution is 2.29. The number of pyridine rings is 1. The molecule has 3 aromatic heterocycles. The van der Waals surface area contributed by atoms with E-state index in [2.05, 4.69) is 21.3 Å². The highest BCUT2D eigenvalue weighted by Gasteiger charge is 2.19. The standard InChI is InChI=1S/C26H20N6OS/c27-13-6-16-31-17-22(21-9-4-5-10-23(21)31)24(33)18-34-26-30-29-25(19-11-14-28-15-12-19)32(26)20-7-2-1-3-8-20/h1-5,7-12,14-15,17H,6,16,18H2. The molecule has 0 atom stereocenters. The SMILES string of the molecule is N#CCCn1cc(C(=O)CSc2nnc(-c3ccncc3)n2-c2ccccc2)c2ccccc21. The molecule has 0 N–H and O–H groups in total. The zero-order chi connectivity index (χ0) is 23.3.